The monoisotopic (exact) mass is 703 g/mol. The van der Waals surface area contributed by atoms with Gasteiger partial charge in [-0.1, -0.05) is 115 Å². The van der Waals surface area contributed by atoms with Gasteiger partial charge in [-0.2, -0.15) is 0 Å². The van der Waals surface area contributed by atoms with Gasteiger partial charge in [-0.3, -0.25) is 9.59 Å². The van der Waals surface area contributed by atoms with E-state index in [2.05, 4.69) is 4.98 Å². The first-order chi connectivity index (χ1) is 24.6. The molecule has 0 saturated heterocycles. The summed E-state index contributed by atoms with van der Waals surface area (Å²) in [5.74, 6) is -0.338. The minimum Gasteiger partial charge on any atom is -0.444 e. The van der Waals surface area contributed by atoms with Gasteiger partial charge in [-0.25, -0.2) is 14.6 Å². The van der Waals surface area contributed by atoms with E-state index in [9.17, 15) is 19.2 Å². The number of hydrogen-bond donors (Lipinski definition) is 0. The molecule has 0 radical (unpaired) electrons. The molecule has 2 amide bonds. The fraction of sp³-hybridized carbons (Fsp3) is 0.244. The number of ether oxygens (including phenoxy) is 2. The topological polar surface area (TPSA) is 106 Å². The van der Waals surface area contributed by atoms with Gasteiger partial charge >= 0.3 is 12.2 Å². The van der Waals surface area contributed by atoms with Crippen molar-refractivity contribution in [1.82, 2.24) is 14.8 Å². The molecular weight excluding hydrogens is 663 g/mol. The van der Waals surface area contributed by atoms with Gasteiger partial charge in [-0.05, 0) is 38.3 Å². The van der Waals surface area contributed by atoms with Crippen LogP contribution in [-0.4, -0.2) is 57.2 Å². The Morgan fingerprint density at radius 2 is 1.12 bits per heavy atom. The summed E-state index contributed by atoms with van der Waals surface area (Å²) in [6.45, 7) is 6.47. The van der Waals surface area contributed by atoms with E-state index >= 15 is 0 Å². The van der Waals surface area contributed by atoms with Gasteiger partial charge in [-0.15, -0.1) is 11.3 Å². The first kappa shape index (κ1) is 36.7. The summed E-state index contributed by atoms with van der Waals surface area (Å²) in [6.07, 6.45) is -0.595. The van der Waals surface area contributed by atoms with E-state index in [4.69, 9.17) is 9.47 Å². The Balaban J connectivity index is 1.30. The zero-order valence-corrected chi connectivity index (χ0v) is 29.8. The van der Waals surface area contributed by atoms with E-state index in [1.807, 2.05) is 87.5 Å². The lowest BCUT2D eigenvalue weighted by atomic mass is 10.0. The number of hydrogen-bond acceptors (Lipinski definition) is 8. The van der Waals surface area contributed by atoms with Crippen LogP contribution in [0.15, 0.2) is 121 Å². The number of carbonyl (C=O) groups excluding carboxylic acids is 4. The normalized spacial score (nSPS) is 11.0. The lowest BCUT2D eigenvalue weighted by Crippen LogP contribution is -2.39. The second-order valence-electron chi connectivity index (χ2n) is 12.9. The van der Waals surface area contributed by atoms with Crippen LogP contribution in [0.2, 0.25) is 0 Å². The van der Waals surface area contributed by atoms with Gasteiger partial charge in [0.15, 0.2) is 5.78 Å². The average Bonchev–Trinajstić information content (AvgIpc) is 3.62. The molecule has 0 N–H and O–H groups in total. The summed E-state index contributed by atoms with van der Waals surface area (Å²) in [4.78, 5) is 61.0. The third-order valence-electron chi connectivity index (χ3n) is 7.83. The fourth-order valence-electron chi connectivity index (χ4n) is 5.29. The van der Waals surface area contributed by atoms with Crippen LogP contribution in [0, 0.1) is 0 Å². The van der Waals surface area contributed by atoms with Crippen molar-refractivity contribution in [2.75, 3.05) is 13.1 Å². The summed E-state index contributed by atoms with van der Waals surface area (Å²) in [6, 6.07) is 34.7. The number of carbonyl (C=O) groups is 4. The molecular formula is C41H41N3O6S. The summed E-state index contributed by atoms with van der Waals surface area (Å²) >= 11 is 1.25. The number of thiazole rings is 1. The summed E-state index contributed by atoms with van der Waals surface area (Å²) in [5.41, 5.74) is 4.51. The molecule has 9 nitrogen and oxygen atoms in total. The molecule has 5 rings (SSSR count). The van der Waals surface area contributed by atoms with E-state index in [-0.39, 0.29) is 37.0 Å². The Kier molecular flexibility index (Phi) is 12.5. The molecule has 0 fully saturated rings. The van der Waals surface area contributed by atoms with Crippen LogP contribution in [-0.2, 0) is 29.2 Å². The first-order valence-electron chi connectivity index (χ1n) is 16.7. The predicted octanol–water partition coefficient (Wildman–Crippen LogP) is 8.57. The molecule has 51 heavy (non-hydrogen) atoms. The summed E-state index contributed by atoms with van der Waals surface area (Å²) < 4.78 is 11.5. The van der Waals surface area contributed by atoms with Crippen molar-refractivity contribution in [2.24, 2.45) is 0 Å². The summed E-state index contributed by atoms with van der Waals surface area (Å²) in [7, 11) is 0. The highest BCUT2D eigenvalue weighted by Crippen LogP contribution is 2.21. The largest absolute Gasteiger partial charge is 0.444 e. The van der Waals surface area contributed by atoms with Crippen LogP contribution >= 0.6 is 11.3 Å². The minimum absolute atomic E-state index is 0.0931. The molecule has 0 aliphatic rings. The van der Waals surface area contributed by atoms with E-state index in [1.165, 1.54) is 11.3 Å². The van der Waals surface area contributed by atoms with Crippen LogP contribution in [0.4, 0.5) is 9.59 Å². The Hall–Kier alpha value is -5.61. The van der Waals surface area contributed by atoms with Crippen molar-refractivity contribution < 1.29 is 28.7 Å². The molecule has 262 valence electrons. The number of ketones is 2. The summed E-state index contributed by atoms with van der Waals surface area (Å²) in [5, 5.41) is 0. The molecule has 0 aliphatic heterocycles. The van der Waals surface area contributed by atoms with Crippen molar-refractivity contribution in [3.8, 4) is 0 Å². The molecule has 0 bridgehead atoms. The lowest BCUT2D eigenvalue weighted by Gasteiger charge is -2.29. The van der Waals surface area contributed by atoms with E-state index in [1.54, 1.807) is 63.8 Å². The molecule has 1 aromatic heterocycles. The van der Waals surface area contributed by atoms with Gasteiger partial charge in [0, 0.05) is 42.9 Å². The van der Waals surface area contributed by atoms with Gasteiger partial charge < -0.3 is 19.3 Å². The molecule has 10 heteroatoms. The number of aromatic nitrogens is 1. The average molecular weight is 704 g/mol. The first-order valence-corrected chi connectivity index (χ1v) is 17.6. The number of amides is 2. The number of rotatable bonds is 14. The highest BCUT2D eigenvalue weighted by molar-refractivity contribution is 7.09. The molecule has 4 aromatic carbocycles. The number of nitrogens with zero attached hydrogens (tertiary/aromatic N) is 3. The minimum atomic E-state index is -0.673. The van der Waals surface area contributed by atoms with Crippen molar-refractivity contribution in [3.63, 3.8) is 0 Å². The van der Waals surface area contributed by atoms with Crippen LogP contribution in [0.5, 0.6) is 0 Å². The third kappa shape index (κ3) is 10.7. The lowest BCUT2D eigenvalue weighted by molar-refractivity contribution is 0.0225. The SMILES string of the molecule is CC(C)(C)OC(=O)N(CCCN(Cc1ccc(C(=O)c2ccccc2)cc1)C(=O)OCc1scnc1C(=O)c1ccccc1)Cc1ccccc1. The maximum absolute atomic E-state index is 13.7. The third-order valence-corrected chi connectivity index (χ3v) is 8.63. The quantitative estimate of drug-likeness (QED) is 0.107. The van der Waals surface area contributed by atoms with Crippen LogP contribution < -0.4 is 0 Å². The smallest absolute Gasteiger partial charge is 0.410 e. The van der Waals surface area contributed by atoms with E-state index in [0.29, 0.717) is 41.1 Å². The zero-order valence-electron chi connectivity index (χ0n) is 29.0. The Labute approximate surface area is 302 Å². The van der Waals surface area contributed by atoms with Gasteiger partial charge in [0.1, 0.15) is 17.9 Å². The molecule has 0 atom stereocenters. The Morgan fingerprint density at radius 1 is 0.627 bits per heavy atom. The molecule has 0 unspecified atom stereocenters. The van der Waals surface area contributed by atoms with Crippen molar-refractivity contribution in [3.05, 3.63) is 159 Å². The molecule has 0 saturated carbocycles. The molecule has 0 spiro atoms. The number of benzene rings is 4. The van der Waals surface area contributed by atoms with E-state index in [0.717, 1.165) is 11.1 Å². The standard InChI is InChI=1S/C41H41N3O6S/c1-41(2,3)50-40(48)44(26-30-14-7-4-8-15-30)25-13-24-43(27-31-20-22-34(23-21-31)37(45)32-16-9-5-10-17-32)39(47)49-28-35-36(42-29-51-35)38(46)33-18-11-6-12-19-33/h4-12,14-23,29H,13,24-28H2,1-3H3. The molecule has 0 aliphatic carbocycles. The highest BCUT2D eigenvalue weighted by atomic mass is 32.1. The van der Waals surface area contributed by atoms with Crippen molar-refractivity contribution in [1.29, 1.82) is 0 Å². The van der Waals surface area contributed by atoms with Crippen molar-refractivity contribution >= 4 is 35.1 Å². The second-order valence-corrected chi connectivity index (χ2v) is 13.9. The molecule has 1 heterocycles. The van der Waals surface area contributed by atoms with Gasteiger partial charge in [0.05, 0.1) is 10.4 Å². The molecule has 5 aromatic rings. The van der Waals surface area contributed by atoms with Crippen molar-refractivity contribution in [2.45, 2.75) is 52.5 Å². The van der Waals surface area contributed by atoms with Crippen LogP contribution in [0.25, 0.3) is 0 Å². The highest BCUT2D eigenvalue weighted by Gasteiger charge is 2.24. The van der Waals surface area contributed by atoms with Crippen LogP contribution in [0.3, 0.4) is 0 Å². The fourth-order valence-corrected chi connectivity index (χ4v) is 5.96. The zero-order chi connectivity index (χ0) is 36.2. The predicted molar refractivity (Wildman–Crippen MR) is 197 cm³/mol. The maximum Gasteiger partial charge on any atom is 0.410 e. The Bertz CT molecular complexity index is 1910. The Morgan fingerprint density at radius 3 is 1.69 bits per heavy atom. The van der Waals surface area contributed by atoms with Gasteiger partial charge in [0.2, 0.25) is 5.78 Å². The maximum atomic E-state index is 13.7. The van der Waals surface area contributed by atoms with Gasteiger partial charge in [0.25, 0.3) is 0 Å². The second kappa shape index (κ2) is 17.4. The van der Waals surface area contributed by atoms with E-state index < -0.39 is 17.8 Å². The van der Waals surface area contributed by atoms with Crippen LogP contribution in [0.1, 0.15) is 75.2 Å².